The van der Waals surface area contributed by atoms with Crippen LogP contribution in [0.4, 0.5) is 14.7 Å². The Hall–Kier alpha value is -2.96. The van der Waals surface area contributed by atoms with E-state index in [4.69, 9.17) is 9.57 Å². The molecule has 1 N–H and O–H groups in total. The molecule has 3 heterocycles. The molecule has 32 heavy (non-hydrogen) atoms. The number of ether oxygens (including phenoxy) is 2. The third kappa shape index (κ3) is 6.05. The molecule has 0 spiro atoms. The van der Waals surface area contributed by atoms with Gasteiger partial charge in [0.1, 0.15) is 11.9 Å². The van der Waals surface area contributed by atoms with E-state index in [9.17, 15) is 13.6 Å². The van der Waals surface area contributed by atoms with Gasteiger partial charge in [0.2, 0.25) is 5.95 Å². The molecule has 2 fully saturated rings. The van der Waals surface area contributed by atoms with Gasteiger partial charge in [-0.1, -0.05) is 0 Å². The smallest absolute Gasteiger partial charge is 0.387 e. The molecule has 1 aromatic carbocycles. The molecule has 2 aliphatic rings. The van der Waals surface area contributed by atoms with Crippen molar-refractivity contribution in [2.24, 2.45) is 0 Å². The lowest BCUT2D eigenvalue weighted by Gasteiger charge is -2.34. The van der Waals surface area contributed by atoms with E-state index in [1.807, 2.05) is 9.80 Å². The summed E-state index contributed by atoms with van der Waals surface area (Å²) in [4.78, 5) is 26.0. The van der Waals surface area contributed by atoms with E-state index in [1.165, 1.54) is 18.3 Å². The van der Waals surface area contributed by atoms with E-state index in [-0.39, 0.29) is 24.3 Å². The number of benzene rings is 1. The minimum absolute atomic E-state index is 0.0770. The molecular weight excluding hydrogens is 426 g/mol. The summed E-state index contributed by atoms with van der Waals surface area (Å²) in [5.41, 5.74) is 3.79. The third-order valence-electron chi connectivity index (χ3n) is 5.17. The SMILES string of the molecule is O=C(CN1CCN(c2nncc(-c3ccc(OC(F)F)cc3)n2)CC1)NO[C@@H]1CCOC1. The molecule has 4 rings (SSSR count). The molecule has 0 unspecified atom stereocenters. The Morgan fingerprint density at radius 1 is 1.22 bits per heavy atom. The first kappa shape index (κ1) is 22.2. The van der Waals surface area contributed by atoms with Gasteiger partial charge >= 0.3 is 6.61 Å². The molecule has 12 heteroatoms. The van der Waals surface area contributed by atoms with Crippen molar-refractivity contribution in [3.63, 3.8) is 0 Å². The van der Waals surface area contributed by atoms with Gasteiger partial charge in [-0.3, -0.25) is 14.5 Å². The van der Waals surface area contributed by atoms with Gasteiger partial charge in [-0.2, -0.15) is 13.9 Å². The Labute approximate surface area is 183 Å². The summed E-state index contributed by atoms with van der Waals surface area (Å²) in [6, 6.07) is 6.19. The molecule has 2 aliphatic heterocycles. The number of hydroxylamine groups is 1. The topological polar surface area (TPSA) is 102 Å². The van der Waals surface area contributed by atoms with Gasteiger partial charge in [-0.25, -0.2) is 10.5 Å². The van der Waals surface area contributed by atoms with Crippen LogP contribution in [0.2, 0.25) is 0 Å². The second kappa shape index (κ2) is 10.6. The minimum atomic E-state index is -2.87. The predicted octanol–water partition coefficient (Wildman–Crippen LogP) is 1.10. The maximum atomic E-state index is 12.3. The number of nitrogens with one attached hydrogen (secondary N) is 1. The maximum absolute atomic E-state index is 12.3. The molecule has 2 aromatic rings. The van der Waals surface area contributed by atoms with Crippen LogP contribution >= 0.6 is 0 Å². The zero-order valence-corrected chi connectivity index (χ0v) is 17.3. The molecular formula is C20H24F2N6O4. The van der Waals surface area contributed by atoms with E-state index in [2.05, 4.69) is 25.4 Å². The van der Waals surface area contributed by atoms with Crippen molar-refractivity contribution in [3.05, 3.63) is 30.5 Å². The number of rotatable bonds is 8. The number of amides is 1. The van der Waals surface area contributed by atoms with E-state index >= 15 is 0 Å². The fourth-order valence-electron chi connectivity index (χ4n) is 3.47. The highest BCUT2D eigenvalue weighted by Crippen LogP contribution is 2.22. The molecule has 0 saturated carbocycles. The summed E-state index contributed by atoms with van der Waals surface area (Å²) in [6.07, 6.45) is 2.21. The number of aromatic nitrogens is 3. The zero-order chi connectivity index (χ0) is 22.3. The Bertz CT molecular complexity index is 890. The Morgan fingerprint density at radius 3 is 2.69 bits per heavy atom. The third-order valence-corrected chi connectivity index (χ3v) is 5.17. The van der Waals surface area contributed by atoms with Crippen LogP contribution in [0.5, 0.6) is 5.75 Å². The van der Waals surface area contributed by atoms with E-state index in [0.717, 1.165) is 6.42 Å². The lowest BCUT2D eigenvalue weighted by atomic mass is 10.1. The number of piperazine rings is 1. The lowest BCUT2D eigenvalue weighted by Crippen LogP contribution is -2.50. The Kier molecular flexibility index (Phi) is 7.35. The van der Waals surface area contributed by atoms with Crippen molar-refractivity contribution in [2.75, 3.05) is 50.8 Å². The molecule has 0 radical (unpaired) electrons. The normalized spacial score (nSPS) is 19.3. The number of anilines is 1. The molecule has 172 valence electrons. The van der Waals surface area contributed by atoms with Crippen LogP contribution in [0, 0.1) is 0 Å². The van der Waals surface area contributed by atoms with Crippen LogP contribution < -0.4 is 15.1 Å². The highest BCUT2D eigenvalue weighted by molar-refractivity contribution is 5.77. The Morgan fingerprint density at radius 2 is 2.00 bits per heavy atom. The number of carbonyl (C=O) groups excluding carboxylic acids is 1. The van der Waals surface area contributed by atoms with Gasteiger partial charge in [0.15, 0.2) is 0 Å². The van der Waals surface area contributed by atoms with Crippen LogP contribution in [0.1, 0.15) is 6.42 Å². The average molecular weight is 450 g/mol. The fourth-order valence-corrected chi connectivity index (χ4v) is 3.47. The van der Waals surface area contributed by atoms with Gasteiger partial charge in [-0.15, -0.1) is 5.10 Å². The molecule has 10 nitrogen and oxygen atoms in total. The average Bonchev–Trinajstić information content (AvgIpc) is 3.32. The number of carbonyl (C=O) groups is 1. The number of halogens is 2. The highest BCUT2D eigenvalue weighted by atomic mass is 19.3. The number of alkyl halides is 2. The molecule has 1 atom stereocenters. The van der Waals surface area contributed by atoms with Gasteiger partial charge in [0, 0.05) is 44.8 Å². The van der Waals surface area contributed by atoms with Crippen molar-refractivity contribution in [3.8, 4) is 17.0 Å². The lowest BCUT2D eigenvalue weighted by molar-refractivity contribution is -0.139. The monoisotopic (exact) mass is 450 g/mol. The van der Waals surface area contributed by atoms with Crippen LogP contribution in [0.3, 0.4) is 0 Å². The van der Waals surface area contributed by atoms with Crippen molar-refractivity contribution in [2.45, 2.75) is 19.1 Å². The molecule has 1 amide bonds. The largest absolute Gasteiger partial charge is 0.435 e. The maximum Gasteiger partial charge on any atom is 0.387 e. The summed E-state index contributed by atoms with van der Waals surface area (Å²) >= 11 is 0. The fraction of sp³-hybridized carbons (Fsp3) is 0.500. The van der Waals surface area contributed by atoms with Crippen molar-refractivity contribution in [1.29, 1.82) is 0 Å². The summed E-state index contributed by atoms with van der Waals surface area (Å²) in [7, 11) is 0. The molecule has 0 bridgehead atoms. The van der Waals surface area contributed by atoms with Crippen LogP contribution in [-0.4, -0.2) is 84.6 Å². The van der Waals surface area contributed by atoms with Crippen LogP contribution in [0.15, 0.2) is 30.5 Å². The summed E-state index contributed by atoms with van der Waals surface area (Å²) in [5, 5.41) is 8.14. The van der Waals surface area contributed by atoms with Gasteiger partial charge in [0.05, 0.1) is 25.0 Å². The van der Waals surface area contributed by atoms with Gasteiger partial charge in [0.25, 0.3) is 5.91 Å². The molecule has 0 aliphatic carbocycles. The van der Waals surface area contributed by atoms with E-state index < -0.39 is 6.61 Å². The summed E-state index contributed by atoms with van der Waals surface area (Å²) < 4.78 is 34.2. The number of hydrogen-bond acceptors (Lipinski definition) is 9. The van der Waals surface area contributed by atoms with Crippen molar-refractivity contribution >= 4 is 11.9 Å². The van der Waals surface area contributed by atoms with E-state index in [1.54, 1.807) is 12.1 Å². The first-order valence-corrected chi connectivity index (χ1v) is 10.3. The zero-order valence-electron chi connectivity index (χ0n) is 17.3. The first-order chi connectivity index (χ1) is 15.6. The minimum Gasteiger partial charge on any atom is -0.435 e. The van der Waals surface area contributed by atoms with Crippen LogP contribution in [0.25, 0.3) is 11.3 Å². The molecule has 1 aromatic heterocycles. The Balaban J connectivity index is 1.27. The van der Waals surface area contributed by atoms with Crippen molar-refractivity contribution < 1.29 is 27.9 Å². The second-order valence-corrected chi connectivity index (χ2v) is 7.44. The quantitative estimate of drug-likeness (QED) is 0.593. The highest BCUT2D eigenvalue weighted by Gasteiger charge is 2.23. The summed E-state index contributed by atoms with van der Waals surface area (Å²) in [5.74, 6) is 0.363. The first-order valence-electron chi connectivity index (χ1n) is 10.3. The van der Waals surface area contributed by atoms with Gasteiger partial charge < -0.3 is 14.4 Å². The number of nitrogens with zero attached hydrogens (tertiary/aromatic N) is 5. The predicted molar refractivity (Wildman–Crippen MR) is 109 cm³/mol. The van der Waals surface area contributed by atoms with Crippen molar-refractivity contribution in [1.82, 2.24) is 25.6 Å². The standard InChI is InChI=1S/C20H24F2N6O4/c21-19(22)31-15-3-1-14(2-4-15)17-11-23-25-20(24-17)28-8-6-27(7-9-28)12-18(29)26-32-16-5-10-30-13-16/h1-4,11,16,19H,5-10,12-13H2,(H,26,29)/t16-/m1/s1. The molecule has 2 saturated heterocycles. The summed E-state index contributed by atoms with van der Waals surface area (Å²) in [6.45, 7) is 1.12. The number of hydrogen-bond donors (Lipinski definition) is 1. The van der Waals surface area contributed by atoms with E-state index in [0.29, 0.717) is 56.6 Å². The van der Waals surface area contributed by atoms with Gasteiger partial charge in [-0.05, 0) is 24.3 Å². The second-order valence-electron chi connectivity index (χ2n) is 7.44. The van der Waals surface area contributed by atoms with Crippen LogP contribution in [-0.2, 0) is 14.4 Å².